The highest BCUT2D eigenvalue weighted by Crippen LogP contribution is 2.53. The molecule has 3 aliphatic carbocycles. The number of aromatic hydroxyl groups is 1. The maximum atomic E-state index is 15.0. The van der Waals surface area contributed by atoms with Gasteiger partial charge in [-0.25, -0.2) is 17.6 Å². The van der Waals surface area contributed by atoms with Crippen molar-refractivity contribution in [1.82, 2.24) is 19.5 Å². The van der Waals surface area contributed by atoms with Crippen LogP contribution < -0.4 is 36.2 Å². The zero-order valence-corrected chi connectivity index (χ0v) is 43.3. The third-order valence-corrected chi connectivity index (χ3v) is 15.7. The number of nitrogens with one attached hydrogen (secondary N) is 1. The first-order valence-corrected chi connectivity index (χ1v) is 25.4. The SMILES string of the molecule is CC1COc2c(N3CCN(C)CC3)c(F)cc3c(=O)c(C(=O)O)cn1c23.CN(C)c1ccc(O)c2c1C[C@H]1C[C@H]3[C@H](N(C)C)C(O)=C(C(N)=O)C(=O)[C@@]3(O)C(O)=C1C2=O.Cc1cc(NS(=O)(=O)c2ccc(N)cc2)no1. The van der Waals surface area contributed by atoms with Gasteiger partial charge in [-0.1, -0.05) is 5.16 Å². The van der Waals surface area contributed by atoms with E-state index in [1.165, 1.54) is 47.5 Å². The minimum absolute atomic E-state index is 0.00184. The number of carboxylic acid groups (broad SMARTS) is 1. The van der Waals surface area contributed by atoms with Crippen LogP contribution in [0.3, 0.4) is 0 Å². The van der Waals surface area contributed by atoms with E-state index in [9.17, 15) is 62.3 Å². The third-order valence-electron chi connectivity index (χ3n) is 14.3. The second-order valence-corrected chi connectivity index (χ2v) is 21.5. The van der Waals surface area contributed by atoms with Crippen molar-refractivity contribution in [3.05, 3.63) is 116 Å². The first-order valence-electron chi connectivity index (χ1n) is 23.9. The molecule has 10 N–H and O–H groups in total. The van der Waals surface area contributed by atoms with Gasteiger partial charge in [0.1, 0.15) is 46.5 Å². The number of phenols is 1. The van der Waals surface area contributed by atoms with Crippen LogP contribution in [0.25, 0.3) is 10.9 Å². The van der Waals surface area contributed by atoms with Crippen molar-refractivity contribution in [2.24, 2.45) is 17.6 Å². The van der Waals surface area contributed by atoms with E-state index in [2.05, 4.69) is 14.8 Å². The number of aromatic carboxylic acids is 1. The van der Waals surface area contributed by atoms with Crippen molar-refractivity contribution in [3.63, 3.8) is 0 Å². The number of carbonyl (C=O) groups excluding carboxylic acids is 3. The molecule has 404 valence electrons. The number of nitrogens with two attached hydrogens (primary N) is 2. The van der Waals surface area contributed by atoms with E-state index in [0.29, 0.717) is 47.1 Å². The lowest BCUT2D eigenvalue weighted by molar-refractivity contribution is -0.148. The summed E-state index contributed by atoms with van der Waals surface area (Å²) >= 11 is 0. The molecular formula is C51H58FN9O14S. The monoisotopic (exact) mass is 1070 g/mol. The second-order valence-electron chi connectivity index (χ2n) is 19.8. The number of pyridine rings is 1. The number of aliphatic hydroxyl groups excluding tert-OH is 2. The van der Waals surface area contributed by atoms with Crippen LogP contribution in [0, 0.1) is 24.6 Å². The highest BCUT2D eigenvalue weighted by atomic mass is 32.2. The standard InChI is InChI=1S/C23H27N3O7.C18H20FN3O4.C10H11N3O3S/c1-25(2)12-5-6-13(27)15-10(12)7-9-8-11-17(26(3)4)19(29)16(22(24)32)21(31)23(11,33)20(30)14(9)18(15)28;1-10-9-26-17-14-11(16(23)12(18(24)25)8-22(10)14)7-13(19)15(17)21-5-3-20(2)4-6-21;1-7-6-10(12-16-7)13-17(14,15)9-4-2-8(11)3-5-9/h5-6,9,11,17,27,29-30,33H,7-8H2,1-4H3,(H2,24,32);7-8,10H,3-6,9H2,1-2H3,(H,24,25);2-6H,11H2,1H3,(H,12,13)/t9-,11-,17-,23-;;/m0../s1. The number of amides is 1. The number of hydrogen-bond acceptors (Lipinski definition) is 19. The number of nitrogen functional groups attached to an aromatic ring is 1. The Bertz CT molecular complexity index is 3460. The average molecular weight is 1070 g/mol. The number of ketones is 2. The van der Waals surface area contributed by atoms with Crippen LogP contribution in [0.5, 0.6) is 11.5 Å². The van der Waals surface area contributed by atoms with E-state index in [-0.39, 0.29) is 64.0 Å². The predicted octanol–water partition coefficient (Wildman–Crippen LogP) is 3.10. The van der Waals surface area contributed by atoms with Gasteiger partial charge in [0.15, 0.2) is 28.8 Å². The van der Waals surface area contributed by atoms with Gasteiger partial charge in [0.25, 0.3) is 15.9 Å². The minimum Gasteiger partial charge on any atom is -0.510 e. The molecule has 23 nitrogen and oxygen atoms in total. The lowest BCUT2D eigenvalue weighted by Gasteiger charge is -2.50. The molecule has 0 bridgehead atoms. The Morgan fingerprint density at radius 3 is 2.22 bits per heavy atom. The Morgan fingerprint density at radius 2 is 1.64 bits per heavy atom. The van der Waals surface area contributed by atoms with E-state index in [4.69, 9.17) is 20.7 Å². The number of aromatic nitrogens is 2. The summed E-state index contributed by atoms with van der Waals surface area (Å²) in [7, 11) is 5.16. The maximum Gasteiger partial charge on any atom is 0.341 e. The number of carboxylic acids is 1. The van der Waals surface area contributed by atoms with Crippen LogP contribution in [0.15, 0.2) is 91.6 Å². The molecule has 0 radical (unpaired) electrons. The number of fused-ring (bicyclic) bond motifs is 3. The van der Waals surface area contributed by atoms with Gasteiger partial charge < -0.3 is 65.5 Å². The topological polar surface area (TPSA) is 338 Å². The number of sulfonamides is 1. The highest BCUT2D eigenvalue weighted by molar-refractivity contribution is 7.92. The zero-order chi connectivity index (χ0) is 55.6. The van der Waals surface area contributed by atoms with E-state index in [0.717, 1.165) is 24.8 Å². The minimum atomic E-state index is -3.64. The smallest absolute Gasteiger partial charge is 0.341 e. The van der Waals surface area contributed by atoms with Crippen LogP contribution in [0.4, 0.5) is 27.3 Å². The van der Waals surface area contributed by atoms with Gasteiger partial charge in [0.05, 0.1) is 33.4 Å². The van der Waals surface area contributed by atoms with Crippen molar-refractivity contribution < 1.29 is 66.8 Å². The van der Waals surface area contributed by atoms with E-state index in [1.807, 2.05) is 18.9 Å². The summed E-state index contributed by atoms with van der Waals surface area (Å²) in [5.41, 5.74) is 8.78. The van der Waals surface area contributed by atoms with Crippen LogP contribution in [0.1, 0.15) is 51.4 Å². The molecule has 25 heteroatoms. The number of phenolic OH excluding ortho intramolecular Hbond substituents is 1. The molecular weight excluding hydrogens is 1010 g/mol. The molecule has 1 saturated heterocycles. The molecule has 10 rings (SSSR count). The molecule has 0 saturated carbocycles. The number of piperazine rings is 1. The largest absolute Gasteiger partial charge is 0.510 e. The Labute approximate surface area is 434 Å². The Hall–Kier alpha value is -8.00. The molecule has 5 atom stereocenters. The van der Waals surface area contributed by atoms with Crippen molar-refractivity contribution >= 4 is 67.2 Å². The number of anilines is 4. The van der Waals surface area contributed by atoms with Crippen molar-refractivity contribution in [2.75, 3.05) is 88.3 Å². The Morgan fingerprint density at radius 1 is 0.987 bits per heavy atom. The number of primary amides is 1. The summed E-state index contributed by atoms with van der Waals surface area (Å²) in [5, 5.41) is 56.8. The number of halogens is 1. The number of allylic oxidation sites excluding steroid dienone is 1. The fourth-order valence-electron chi connectivity index (χ4n) is 10.6. The first kappa shape index (κ1) is 54.3. The number of ether oxygens (including phenoxy) is 1. The Balaban J connectivity index is 0.000000159. The summed E-state index contributed by atoms with van der Waals surface area (Å²) < 4.78 is 53.4. The lowest BCUT2D eigenvalue weighted by Crippen LogP contribution is -2.63. The fourth-order valence-corrected chi connectivity index (χ4v) is 11.6. The molecule has 3 aromatic carbocycles. The molecule has 1 unspecified atom stereocenters. The van der Waals surface area contributed by atoms with E-state index >= 15 is 0 Å². The number of rotatable bonds is 8. The normalized spacial score (nSPS) is 22.1. The number of aliphatic hydroxyl groups is 3. The summed E-state index contributed by atoms with van der Waals surface area (Å²) in [6.07, 6.45) is 1.67. The molecule has 2 aliphatic heterocycles. The zero-order valence-electron chi connectivity index (χ0n) is 42.5. The predicted molar refractivity (Wildman–Crippen MR) is 276 cm³/mol. The Kier molecular flexibility index (Phi) is 14.5. The number of likely N-dealkylation sites (N-methyl/N-ethyl adjacent to an activating group) is 2. The van der Waals surface area contributed by atoms with Crippen molar-refractivity contribution in [2.45, 2.75) is 49.3 Å². The van der Waals surface area contributed by atoms with Gasteiger partial charge in [0.2, 0.25) is 11.2 Å². The van der Waals surface area contributed by atoms with E-state index in [1.54, 1.807) is 50.6 Å². The van der Waals surface area contributed by atoms with Gasteiger partial charge in [-0.15, -0.1) is 0 Å². The van der Waals surface area contributed by atoms with Gasteiger partial charge in [-0.3, -0.25) is 28.8 Å². The molecule has 5 aliphatic rings. The summed E-state index contributed by atoms with van der Waals surface area (Å²) in [4.78, 5) is 70.2. The number of hydrogen-bond donors (Lipinski definition) is 8. The van der Waals surface area contributed by atoms with Crippen LogP contribution >= 0.6 is 0 Å². The fraction of sp³-hybridized carbons (Fsp3) is 0.373. The van der Waals surface area contributed by atoms with Crippen LogP contribution in [-0.4, -0.2) is 157 Å². The number of benzene rings is 3. The maximum absolute atomic E-state index is 15.0. The molecule has 1 fully saturated rings. The van der Waals surface area contributed by atoms with Crippen molar-refractivity contribution in [3.8, 4) is 11.5 Å². The van der Waals surface area contributed by atoms with Gasteiger partial charge in [-0.05, 0) is 102 Å². The lowest BCUT2D eigenvalue weighted by atomic mass is 9.58. The number of nitrogens with zero attached hydrogens (tertiary/aromatic N) is 6. The number of carbonyl (C=O) groups is 4. The molecule has 0 spiro atoms. The second kappa shape index (κ2) is 20.3. The molecule has 1 amide bonds. The molecule has 4 heterocycles. The van der Waals surface area contributed by atoms with Gasteiger partial charge in [-0.2, -0.15) is 0 Å². The number of aryl methyl sites for hydroxylation is 1. The summed E-state index contributed by atoms with van der Waals surface area (Å²) in [5.74, 6) is -7.40. The highest BCUT2D eigenvalue weighted by Gasteiger charge is 2.63. The molecule has 76 heavy (non-hydrogen) atoms. The van der Waals surface area contributed by atoms with Crippen molar-refractivity contribution in [1.29, 1.82) is 0 Å². The first-order chi connectivity index (χ1) is 35.7. The summed E-state index contributed by atoms with van der Waals surface area (Å²) in [6.45, 7) is 6.75. The quantitative estimate of drug-likeness (QED) is 0.0817. The van der Waals surface area contributed by atoms with Gasteiger partial charge in [0, 0.05) is 75.4 Å². The third kappa shape index (κ3) is 9.43. The van der Waals surface area contributed by atoms with Gasteiger partial charge >= 0.3 is 5.97 Å². The van der Waals surface area contributed by atoms with Crippen LogP contribution in [-0.2, 0) is 26.0 Å². The van der Waals surface area contributed by atoms with E-state index < -0.39 is 85.3 Å². The van der Waals surface area contributed by atoms with Crippen LogP contribution in [0.2, 0.25) is 0 Å². The molecule has 5 aromatic rings. The molecule has 2 aromatic heterocycles. The number of Topliss-reactive ketones (excluding diaryl/α,β-unsaturated/α-hetero) is 2. The summed E-state index contributed by atoms with van der Waals surface area (Å²) in [6, 6.07) is 10.4. The average Bonchev–Trinajstić information content (AvgIpc) is 3.78.